The van der Waals surface area contributed by atoms with Crippen LogP contribution in [0.4, 0.5) is 0 Å². The van der Waals surface area contributed by atoms with Crippen molar-refractivity contribution in [2.45, 2.75) is 32.8 Å². The summed E-state index contributed by atoms with van der Waals surface area (Å²) in [6.45, 7) is 6.75. The van der Waals surface area contributed by atoms with Crippen LogP contribution in [0.15, 0.2) is 18.2 Å². The molecule has 1 rings (SSSR count). The maximum Gasteiger partial charge on any atom is 0.122 e. The fraction of sp³-hybridized carbons (Fsp3) is 0.500. The molecule has 0 saturated heterocycles. The van der Waals surface area contributed by atoms with E-state index in [4.69, 9.17) is 21.1 Å². The first-order valence-electron chi connectivity index (χ1n) is 6.32. The molecule has 0 heterocycles. The summed E-state index contributed by atoms with van der Waals surface area (Å²) >= 11 is 5.54. The molecule has 104 valence electrons. The van der Waals surface area contributed by atoms with Gasteiger partial charge >= 0.3 is 0 Å². The summed E-state index contributed by atoms with van der Waals surface area (Å²) in [7, 11) is 1.72. The van der Waals surface area contributed by atoms with Crippen LogP contribution in [0.3, 0.4) is 0 Å². The first-order chi connectivity index (χ1) is 8.98. The maximum absolute atomic E-state index is 5.78. The highest BCUT2D eigenvalue weighted by Gasteiger charge is 2.16. The van der Waals surface area contributed by atoms with E-state index in [1.54, 1.807) is 7.11 Å². The SMILES string of the molecule is COC(C)(C)CCOc1ccc(C#CCCl)cc1C. The quantitative estimate of drug-likeness (QED) is 0.604. The van der Waals surface area contributed by atoms with E-state index in [1.807, 2.05) is 39.0 Å². The van der Waals surface area contributed by atoms with Gasteiger partial charge in [0.15, 0.2) is 0 Å². The Morgan fingerprint density at radius 2 is 2.05 bits per heavy atom. The molecule has 0 spiro atoms. The number of halogens is 1. The molecule has 0 saturated carbocycles. The second kappa shape index (κ2) is 7.43. The van der Waals surface area contributed by atoms with Crippen molar-refractivity contribution < 1.29 is 9.47 Å². The Hall–Kier alpha value is -1.17. The molecule has 0 aliphatic rings. The summed E-state index contributed by atoms with van der Waals surface area (Å²) in [6, 6.07) is 5.91. The fourth-order valence-electron chi connectivity index (χ4n) is 1.53. The monoisotopic (exact) mass is 280 g/mol. The van der Waals surface area contributed by atoms with Crippen LogP contribution >= 0.6 is 11.6 Å². The van der Waals surface area contributed by atoms with E-state index in [0.29, 0.717) is 12.5 Å². The third-order valence-corrected chi connectivity index (χ3v) is 3.12. The number of hydrogen-bond donors (Lipinski definition) is 0. The van der Waals surface area contributed by atoms with Gasteiger partial charge in [-0.3, -0.25) is 0 Å². The molecule has 0 radical (unpaired) electrons. The Bertz CT molecular complexity index is 469. The second-order valence-corrected chi connectivity index (χ2v) is 5.25. The average Bonchev–Trinajstić information content (AvgIpc) is 2.38. The van der Waals surface area contributed by atoms with Crippen molar-refractivity contribution in [3.8, 4) is 17.6 Å². The van der Waals surface area contributed by atoms with E-state index in [1.165, 1.54) is 0 Å². The van der Waals surface area contributed by atoms with E-state index < -0.39 is 0 Å². The maximum atomic E-state index is 5.78. The highest BCUT2D eigenvalue weighted by molar-refractivity contribution is 6.19. The van der Waals surface area contributed by atoms with E-state index in [0.717, 1.165) is 23.3 Å². The number of benzene rings is 1. The summed E-state index contributed by atoms with van der Waals surface area (Å²) in [5.41, 5.74) is 1.89. The summed E-state index contributed by atoms with van der Waals surface area (Å²) in [5, 5.41) is 0. The van der Waals surface area contributed by atoms with Crippen molar-refractivity contribution in [2.24, 2.45) is 0 Å². The molecule has 0 fully saturated rings. The molecular formula is C16H21ClO2. The largest absolute Gasteiger partial charge is 0.493 e. The van der Waals surface area contributed by atoms with Gasteiger partial charge in [-0.1, -0.05) is 11.8 Å². The van der Waals surface area contributed by atoms with Crippen LogP contribution in [-0.2, 0) is 4.74 Å². The smallest absolute Gasteiger partial charge is 0.122 e. The minimum absolute atomic E-state index is 0.153. The molecule has 0 amide bonds. The number of alkyl halides is 1. The van der Waals surface area contributed by atoms with Gasteiger partial charge in [-0.05, 0) is 44.5 Å². The fourth-order valence-corrected chi connectivity index (χ4v) is 1.60. The van der Waals surface area contributed by atoms with Crippen molar-refractivity contribution in [3.63, 3.8) is 0 Å². The molecule has 0 unspecified atom stereocenters. The first-order valence-corrected chi connectivity index (χ1v) is 6.85. The molecule has 0 N–H and O–H groups in total. The summed E-state index contributed by atoms with van der Waals surface area (Å²) < 4.78 is 11.1. The lowest BCUT2D eigenvalue weighted by Gasteiger charge is -2.22. The number of hydrogen-bond acceptors (Lipinski definition) is 2. The predicted molar refractivity (Wildman–Crippen MR) is 80.0 cm³/mol. The van der Waals surface area contributed by atoms with Crippen molar-refractivity contribution in [2.75, 3.05) is 19.6 Å². The number of ether oxygens (including phenoxy) is 2. The van der Waals surface area contributed by atoms with Gasteiger partial charge in [0.2, 0.25) is 0 Å². The van der Waals surface area contributed by atoms with Crippen molar-refractivity contribution in [1.29, 1.82) is 0 Å². The lowest BCUT2D eigenvalue weighted by molar-refractivity contribution is 0.00540. The molecule has 2 nitrogen and oxygen atoms in total. The van der Waals surface area contributed by atoms with Crippen LogP contribution < -0.4 is 4.74 Å². The Labute approximate surface area is 121 Å². The van der Waals surface area contributed by atoms with Crippen LogP contribution in [0.25, 0.3) is 0 Å². The van der Waals surface area contributed by atoms with E-state index >= 15 is 0 Å². The lowest BCUT2D eigenvalue weighted by atomic mass is 10.1. The van der Waals surface area contributed by atoms with E-state index in [-0.39, 0.29) is 5.60 Å². The molecule has 1 aromatic carbocycles. The zero-order chi connectivity index (χ0) is 14.3. The molecule has 0 atom stereocenters. The minimum Gasteiger partial charge on any atom is -0.493 e. The topological polar surface area (TPSA) is 18.5 Å². The van der Waals surface area contributed by atoms with Gasteiger partial charge in [-0.2, -0.15) is 0 Å². The van der Waals surface area contributed by atoms with Crippen LogP contribution in [0.2, 0.25) is 0 Å². The lowest BCUT2D eigenvalue weighted by Crippen LogP contribution is -2.25. The minimum atomic E-state index is -0.153. The zero-order valence-corrected chi connectivity index (χ0v) is 12.8. The molecular weight excluding hydrogens is 260 g/mol. The zero-order valence-electron chi connectivity index (χ0n) is 12.0. The Morgan fingerprint density at radius 1 is 1.32 bits per heavy atom. The van der Waals surface area contributed by atoms with Crippen LogP contribution in [0.1, 0.15) is 31.4 Å². The summed E-state index contributed by atoms with van der Waals surface area (Å²) in [4.78, 5) is 0. The third kappa shape index (κ3) is 5.55. The van der Waals surface area contributed by atoms with Gasteiger partial charge in [0.05, 0.1) is 18.1 Å². The van der Waals surface area contributed by atoms with E-state index in [9.17, 15) is 0 Å². The van der Waals surface area contributed by atoms with Gasteiger partial charge < -0.3 is 9.47 Å². The van der Waals surface area contributed by atoms with Crippen LogP contribution in [-0.4, -0.2) is 25.2 Å². The summed E-state index contributed by atoms with van der Waals surface area (Å²) in [5.74, 6) is 7.08. The van der Waals surface area contributed by atoms with Gasteiger partial charge in [-0.25, -0.2) is 0 Å². The standard InChI is InChI=1S/C16H21ClO2/c1-13-12-14(6-5-10-17)7-8-15(13)19-11-9-16(2,3)18-4/h7-8,12H,9-11H2,1-4H3. The van der Waals surface area contributed by atoms with Gasteiger partial charge in [0.25, 0.3) is 0 Å². The molecule has 0 aliphatic carbocycles. The molecule has 1 aromatic rings. The molecule has 0 aromatic heterocycles. The van der Waals surface area contributed by atoms with Crippen molar-refractivity contribution >= 4 is 11.6 Å². The third-order valence-electron chi connectivity index (χ3n) is 2.99. The van der Waals surface area contributed by atoms with Crippen molar-refractivity contribution in [1.82, 2.24) is 0 Å². The molecule has 0 aliphatic heterocycles. The predicted octanol–water partition coefficient (Wildman–Crippen LogP) is 3.78. The number of rotatable bonds is 5. The normalized spacial score (nSPS) is 10.8. The Balaban J connectivity index is 2.60. The number of methoxy groups -OCH3 is 1. The highest BCUT2D eigenvalue weighted by Crippen LogP contribution is 2.20. The molecule has 19 heavy (non-hydrogen) atoms. The number of aryl methyl sites for hydroxylation is 1. The van der Waals surface area contributed by atoms with Crippen LogP contribution in [0, 0.1) is 18.8 Å². The summed E-state index contributed by atoms with van der Waals surface area (Å²) in [6.07, 6.45) is 0.844. The Kier molecular flexibility index (Phi) is 6.21. The first kappa shape index (κ1) is 15.9. The van der Waals surface area contributed by atoms with Gasteiger partial charge in [0, 0.05) is 19.1 Å². The van der Waals surface area contributed by atoms with Crippen LogP contribution in [0.5, 0.6) is 5.75 Å². The van der Waals surface area contributed by atoms with Gasteiger partial charge in [0.1, 0.15) is 5.75 Å². The molecule has 3 heteroatoms. The average molecular weight is 281 g/mol. The van der Waals surface area contributed by atoms with Gasteiger partial charge in [-0.15, -0.1) is 11.6 Å². The molecule has 0 bridgehead atoms. The Morgan fingerprint density at radius 3 is 2.63 bits per heavy atom. The second-order valence-electron chi connectivity index (χ2n) is 4.98. The van der Waals surface area contributed by atoms with Crippen molar-refractivity contribution in [3.05, 3.63) is 29.3 Å². The highest BCUT2D eigenvalue weighted by atomic mass is 35.5. The van der Waals surface area contributed by atoms with E-state index in [2.05, 4.69) is 11.8 Å².